The molecule has 0 spiro atoms. The summed E-state index contributed by atoms with van der Waals surface area (Å²) in [4.78, 5) is 21.7. The third-order valence-electron chi connectivity index (χ3n) is 6.51. The first kappa shape index (κ1) is 30.0. The van der Waals surface area contributed by atoms with E-state index in [2.05, 4.69) is 17.6 Å². The first-order chi connectivity index (χ1) is 18.2. The van der Waals surface area contributed by atoms with Gasteiger partial charge in [0.2, 0.25) is 13.3 Å². The average molecular weight is 549 g/mol. The standard InChI is InChI=1S/C28H41N2O7P/c1-3-4-5-6-15-38(34,35)19-37-23-9-7-21(8-10-23)16-20(2)29-17-22(31)18-36-26-13-12-25(32)28-24(26)11-14-27(33)30-28/h7-10,12-13,20,22,29,31-32H,3-6,11,14-19H2,1-2H3,(H,30,33)(H,34,35)/t20-,22+/m1/s1. The van der Waals surface area contributed by atoms with Crippen molar-refractivity contribution in [2.24, 2.45) is 0 Å². The summed E-state index contributed by atoms with van der Waals surface area (Å²) in [5, 5.41) is 26.4. The Morgan fingerprint density at radius 1 is 1.08 bits per heavy atom. The lowest BCUT2D eigenvalue weighted by molar-refractivity contribution is -0.116. The molecule has 0 radical (unpaired) electrons. The van der Waals surface area contributed by atoms with Crippen LogP contribution in [0.4, 0.5) is 5.69 Å². The number of aliphatic hydroxyl groups excluding tert-OH is 1. The number of ether oxygens (including phenoxy) is 2. The van der Waals surface area contributed by atoms with Crippen molar-refractivity contribution in [1.82, 2.24) is 5.32 Å². The van der Waals surface area contributed by atoms with Crippen LogP contribution in [-0.2, 0) is 22.2 Å². The van der Waals surface area contributed by atoms with E-state index in [4.69, 9.17) is 9.47 Å². The van der Waals surface area contributed by atoms with Gasteiger partial charge < -0.3 is 35.2 Å². The van der Waals surface area contributed by atoms with Gasteiger partial charge >= 0.3 is 0 Å². The second kappa shape index (κ2) is 14.5. The molecule has 210 valence electrons. The van der Waals surface area contributed by atoms with Gasteiger partial charge in [0.25, 0.3) is 0 Å². The maximum atomic E-state index is 12.3. The van der Waals surface area contributed by atoms with Crippen molar-refractivity contribution in [2.45, 2.75) is 70.9 Å². The van der Waals surface area contributed by atoms with Crippen molar-refractivity contribution in [3.05, 3.63) is 47.5 Å². The Morgan fingerprint density at radius 2 is 1.84 bits per heavy atom. The number of nitrogens with one attached hydrogen (secondary N) is 2. The van der Waals surface area contributed by atoms with Crippen LogP contribution in [0.15, 0.2) is 36.4 Å². The number of benzene rings is 2. The molecule has 1 unspecified atom stereocenters. The quantitative estimate of drug-likeness (QED) is 0.118. The van der Waals surface area contributed by atoms with Crippen molar-refractivity contribution in [1.29, 1.82) is 0 Å². The van der Waals surface area contributed by atoms with Crippen LogP contribution in [-0.4, -0.2) is 58.8 Å². The molecule has 0 saturated heterocycles. The Hall–Kier alpha value is -2.58. The highest BCUT2D eigenvalue weighted by molar-refractivity contribution is 7.57. The Morgan fingerprint density at radius 3 is 2.58 bits per heavy atom. The molecule has 2 aromatic carbocycles. The van der Waals surface area contributed by atoms with Crippen LogP contribution in [0.2, 0.25) is 0 Å². The molecule has 1 heterocycles. The van der Waals surface area contributed by atoms with E-state index >= 15 is 0 Å². The molecular weight excluding hydrogens is 507 g/mol. The van der Waals surface area contributed by atoms with Crippen molar-refractivity contribution in [3.8, 4) is 17.2 Å². The van der Waals surface area contributed by atoms with Gasteiger partial charge in [-0.3, -0.25) is 9.36 Å². The van der Waals surface area contributed by atoms with Crippen molar-refractivity contribution < 1.29 is 33.9 Å². The Labute approximate surface area is 225 Å². The van der Waals surface area contributed by atoms with Crippen LogP contribution in [0, 0.1) is 0 Å². The van der Waals surface area contributed by atoms with Crippen LogP contribution < -0.4 is 20.1 Å². The number of phenols is 1. The number of phenolic OH excluding ortho intramolecular Hbond substituents is 1. The summed E-state index contributed by atoms with van der Waals surface area (Å²) in [6.07, 6.45) is 4.78. The van der Waals surface area contributed by atoms with E-state index in [1.54, 1.807) is 6.07 Å². The summed E-state index contributed by atoms with van der Waals surface area (Å²) in [5.74, 6) is 0.971. The minimum absolute atomic E-state index is 0.00207. The minimum atomic E-state index is -3.28. The van der Waals surface area contributed by atoms with Gasteiger partial charge in [-0.25, -0.2) is 0 Å². The number of hydrogen-bond acceptors (Lipinski definition) is 7. The zero-order chi connectivity index (χ0) is 27.5. The molecule has 5 N–H and O–H groups in total. The summed E-state index contributed by atoms with van der Waals surface area (Å²) in [6.45, 7) is 4.54. The number of anilines is 1. The molecule has 9 nitrogen and oxygen atoms in total. The maximum absolute atomic E-state index is 12.3. The summed E-state index contributed by atoms with van der Waals surface area (Å²) >= 11 is 0. The highest BCUT2D eigenvalue weighted by Crippen LogP contribution is 2.41. The first-order valence-corrected chi connectivity index (χ1v) is 15.4. The highest BCUT2D eigenvalue weighted by Gasteiger charge is 2.22. The molecule has 2 aromatic rings. The molecular formula is C28H41N2O7P. The van der Waals surface area contributed by atoms with Crippen LogP contribution in [0.1, 0.15) is 57.1 Å². The van der Waals surface area contributed by atoms with E-state index in [0.717, 1.165) is 43.2 Å². The molecule has 3 atom stereocenters. The predicted molar refractivity (Wildman–Crippen MR) is 148 cm³/mol. The fourth-order valence-electron chi connectivity index (χ4n) is 4.33. The molecule has 1 aliphatic rings. The number of amides is 1. The third kappa shape index (κ3) is 9.62. The van der Waals surface area contributed by atoms with E-state index in [1.807, 2.05) is 31.2 Å². The molecule has 1 aliphatic heterocycles. The van der Waals surface area contributed by atoms with E-state index < -0.39 is 13.5 Å². The average Bonchev–Trinajstić information content (AvgIpc) is 2.89. The number of rotatable bonds is 16. The van der Waals surface area contributed by atoms with Gasteiger partial charge in [0, 0.05) is 30.7 Å². The summed E-state index contributed by atoms with van der Waals surface area (Å²) in [6, 6.07) is 10.7. The van der Waals surface area contributed by atoms with Crippen molar-refractivity contribution in [2.75, 3.05) is 31.0 Å². The van der Waals surface area contributed by atoms with Crippen LogP contribution in [0.25, 0.3) is 0 Å². The smallest absolute Gasteiger partial charge is 0.236 e. The highest BCUT2D eigenvalue weighted by atomic mass is 31.2. The monoisotopic (exact) mass is 548 g/mol. The van der Waals surface area contributed by atoms with Crippen LogP contribution in [0.3, 0.4) is 0 Å². The number of fused-ring (bicyclic) bond motifs is 1. The Balaban J connectivity index is 1.38. The lowest BCUT2D eigenvalue weighted by atomic mass is 10.0. The number of aliphatic hydroxyl groups is 1. The lowest BCUT2D eigenvalue weighted by Crippen LogP contribution is -2.37. The predicted octanol–water partition coefficient (Wildman–Crippen LogP) is 4.42. The largest absolute Gasteiger partial charge is 0.506 e. The molecule has 3 rings (SSSR count). The minimum Gasteiger partial charge on any atom is -0.506 e. The van der Waals surface area contributed by atoms with Crippen molar-refractivity contribution >= 4 is 19.0 Å². The number of carbonyl (C=O) groups is 1. The summed E-state index contributed by atoms with van der Waals surface area (Å²) < 4.78 is 23.6. The topological polar surface area (TPSA) is 137 Å². The zero-order valence-electron chi connectivity index (χ0n) is 22.3. The van der Waals surface area contributed by atoms with Crippen molar-refractivity contribution in [3.63, 3.8) is 0 Å². The van der Waals surface area contributed by atoms with Crippen LogP contribution in [0.5, 0.6) is 17.2 Å². The molecule has 0 aromatic heterocycles. The maximum Gasteiger partial charge on any atom is 0.236 e. The second-order valence-corrected chi connectivity index (χ2v) is 12.4. The fraction of sp³-hybridized carbons (Fsp3) is 0.536. The number of unbranched alkanes of at least 4 members (excludes halogenated alkanes) is 3. The van der Waals surface area contributed by atoms with Gasteiger partial charge in [0.1, 0.15) is 30.0 Å². The normalized spacial score (nSPS) is 16.2. The Bertz CT molecular complexity index is 1090. The van der Waals surface area contributed by atoms with E-state index in [1.165, 1.54) is 6.07 Å². The lowest BCUT2D eigenvalue weighted by Gasteiger charge is -2.22. The van der Waals surface area contributed by atoms with Crippen LogP contribution >= 0.6 is 7.37 Å². The molecule has 1 amide bonds. The molecule has 10 heteroatoms. The number of carbonyl (C=O) groups excluding carboxylic acids is 1. The molecule has 0 fully saturated rings. The van der Waals surface area contributed by atoms with E-state index in [9.17, 15) is 24.5 Å². The van der Waals surface area contributed by atoms with Gasteiger partial charge in [-0.2, -0.15) is 0 Å². The molecule has 0 aliphatic carbocycles. The molecule has 0 saturated carbocycles. The summed E-state index contributed by atoms with van der Waals surface area (Å²) in [7, 11) is -3.28. The van der Waals surface area contributed by atoms with E-state index in [0.29, 0.717) is 42.7 Å². The summed E-state index contributed by atoms with van der Waals surface area (Å²) in [5.41, 5.74) is 2.19. The van der Waals surface area contributed by atoms with E-state index in [-0.39, 0.29) is 30.7 Å². The fourth-order valence-corrected chi connectivity index (χ4v) is 5.53. The second-order valence-electron chi connectivity index (χ2n) is 10.0. The van der Waals surface area contributed by atoms with Gasteiger partial charge in [-0.05, 0) is 56.0 Å². The zero-order valence-corrected chi connectivity index (χ0v) is 23.2. The van der Waals surface area contributed by atoms with Gasteiger partial charge in [0.05, 0.1) is 5.69 Å². The third-order valence-corrected chi connectivity index (χ3v) is 8.05. The van der Waals surface area contributed by atoms with Gasteiger partial charge in [-0.15, -0.1) is 0 Å². The SMILES string of the molecule is CCCCCCP(=O)(O)COc1ccc(C[C@@H](C)NC[C@H](O)COc2ccc(O)c3c2CCC(=O)N3)cc1. The number of hydrogen-bond donors (Lipinski definition) is 5. The number of aromatic hydroxyl groups is 1. The van der Waals surface area contributed by atoms with Gasteiger partial charge in [-0.1, -0.05) is 38.3 Å². The molecule has 38 heavy (non-hydrogen) atoms. The Kier molecular flexibility index (Phi) is 11.5. The molecule has 0 bridgehead atoms. The first-order valence-electron chi connectivity index (χ1n) is 13.4. The van der Waals surface area contributed by atoms with Gasteiger partial charge in [0.15, 0.2) is 6.35 Å².